The van der Waals surface area contributed by atoms with E-state index in [-0.39, 0.29) is 0 Å². The molecule has 9 nitrogen and oxygen atoms in total. The van der Waals surface area contributed by atoms with Gasteiger partial charge in [0.25, 0.3) is 0 Å². The van der Waals surface area contributed by atoms with E-state index in [1.165, 1.54) is 5.57 Å². The fourth-order valence-electron chi connectivity index (χ4n) is 4.98. The van der Waals surface area contributed by atoms with Gasteiger partial charge in [0.15, 0.2) is 5.65 Å². The number of nitrogens with zero attached hydrogens (tertiary/aromatic N) is 7. The maximum atomic E-state index is 4.74. The summed E-state index contributed by atoms with van der Waals surface area (Å²) in [4.78, 5) is 24.4. The normalized spacial score (nSPS) is 17.2. The largest absolute Gasteiger partial charge is 0.353 e. The third-order valence-electron chi connectivity index (χ3n) is 6.86. The molecule has 9 heteroatoms. The lowest BCUT2D eigenvalue weighted by Gasteiger charge is -2.33. The zero-order chi connectivity index (χ0) is 24.6. The number of likely N-dealkylation sites (N-methyl/N-ethyl adjacent to an activating group) is 2. The molecule has 4 aromatic rings. The number of rotatable bonds is 5. The van der Waals surface area contributed by atoms with Crippen LogP contribution in [0.15, 0.2) is 53.3 Å². The summed E-state index contributed by atoms with van der Waals surface area (Å²) in [6, 6.07) is 6.39. The molecule has 6 rings (SSSR count). The Labute approximate surface area is 210 Å². The van der Waals surface area contributed by atoms with Crippen molar-refractivity contribution in [2.45, 2.75) is 0 Å². The molecular weight excluding hydrogens is 450 g/mol. The van der Waals surface area contributed by atoms with E-state index in [0.29, 0.717) is 12.2 Å². The highest BCUT2D eigenvalue weighted by molar-refractivity contribution is 5.99. The van der Waals surface area contributed by atoms with Crippen molar-refractivity contribution in [2.75, 3.05) is 65.3 Å². The first-order valence-corrected chi connectivity index (χ1v) is 12.4. The third kappa shape index (κ3) is 4.31. The Morgan fingerprint density at radius 2 is 1.92 bits per heavy atom. The first-order valence-electron chi connectivity index (χ1n) is 12.4. The van der Waals surface area contributed by atoms with Crippen LogP contribution in [0, 0.1) is 0 Å². The molecule has 0 aromatic carbocycles. The molecule has 0 saturated carbocycles. The Morgan fingerprint density at radius 3 is 2.75 bits per heavy atom. The maximum Gasteiger partial charge on any atom is 0.181 e. The molecule has 184 valence electrons. The number of H-pyrrole nitrogens is 2. The summed E-state index contributed by atoms with van der Waals surface area (Å²) in [5, 5.41) is 9.83. The second-order valence-corrected chi connectivity index (χ2v) is 9.87. The Morgan fingerprint density at radius 1 is 1.06 bits per heavy atom. The second-order valence-electron chi connectivity index (χ2n) is 9.87. The number of aromatic nitrogens is 5. The van der Waals surface area contributed by atoms with Gasteiger partial charge < -0.3 is 19.7 Å². The predicted molar refractivity (Wildman–Crippen MR) is 147 cm³/mol. The minimum absolute atomic E-state index is 0.656. The van der Waals surface area contributed by atoms with Gasteiger partial charge in [0.1, 0.15) is 5.82 Å². The zero-order valence-electron chi connectivity index (χ0n) is 21.0. The number of anilines is 1. The summed E-state index contributed by atoms with van der Waals surface area (Å²) in [5.74, 6) is 1.04. The van der Waals surface area contributed by atoms with Crippen LogP contribution in [0.5, 0.6) is 0 Å². The van der Waals surface area contributed by atoms with Crippen LogP contribution in [0.4, 0.5) is 5.82 Å². The monoisotopic (exact) mass is 481 g/mol. The third-order valence-corrected chi connectivity index (χ3v) is 6.86. The lowest BCUT2D eigenvalue weighted by molar-refractivity contribution is 0.312. The van der Waals surface area contributed by atoms with E-state index in [1.54, 1.807) is 0 Å². The van der Waals surface area contributed by atoms with Gasteiger partial charge in [0, 0.05) is 67.7 Å². The fourth-order valence-corrected chi connectivity index (χ4v) is 4.98. The maximum absolute atomic E-state index is 4.74. The van der Waals surface area contributed by atoms with E-state index in [1.807, 2.05) is 24.7 Å². The molecular formula is C27H31N9. The summed E-state index contributed by atoms with van der Waals surface area (Å²) in [7, 11) is 6.31. The predicted octanol–water partition coefficient (Wildman–Crippen LogP) is 3.21. The minimum atomic E-state index is 0.656. The summed E-state index contributed by atoms with van der Waals surface area (Å²) >= 11 is 0. The number of hydrogen-bond donors (Lipinski definition) is 2. The van der Waals surface area contributed by atoms with Crippen LogP contribution in [0.2, 0.25) is 0 Å². The fraction of sp³-hybridized carbons (Fsp3) is 0.333. The molecule has 36 heavy (non-hydrogen) atoms. The van der Waals surface area contributed by atoms with Crippen molar-refractivity contribution in [3.63, 3.8) is 0 Å². The number of nitrogens with one attached hydrogen (secondary N) is 2. The van der Waals surface area contributed by atoms with Crippen molar-refractivity contribution in [3.05, 3.63) is 53.9 Å². The Balaban J connectivity index is 1.38. The van der Waals surface area contributed by atoms with Gasteiger partial charge in [0.2, 0.25) is 0 Å². The number of fused-ring (bicyclic) bond motifs is 2. The van der Waals surface area contributed by atoms with E-state index in [4.69, 9.17) is 4.98 Å². The number of piperazine rings is 1. The van der Waals surface area contributed by atoms with Crippen LogP contribution < -0.4 is 4.90 Å². The van der Waals surface area contributed by atoms with Crippen LogP contribution in [-0.2, 0) is 0 Å². The minimum Gasteiger partial charge on any atom is -0.353 e. The van der Waals surface area contributed by atoms with E-state index in [2.05, 4.69) is 85.3 Å². The Kier molecular flexibility index (Phi) is 5.86. The number of hydrogen-bond acceptors (Lipinski definition) is 7. The molecule has 4 aromatic heterocycles. The topological polar surface area (TPSA) is 92.3 Å². The van der Waals surface area contributed by atoms with Gasteiger partial charge in [-0.15, -0.1) is 0 Å². The average Bonchev–Trinajstić information content (AvgIpc) is 3.42. The van der Waals surface area contributed by atoms with Crippen molar-refractivity contribution < 1.29 is 0 Å². The van der Waals surface area contributed by atoms with Crippen molar-refractivity contribution in [1.82, 2.24) is 34.9 Å². The summed E-state index contributed by atoms with van der Waals surface area (Å²) in [5.41, 5.74) is 7.05. The van der Waals surface area contributed by atoms with Gasteiger partial charge in [-0.1, -0.05) is 6.08 Å². The van der Waals surface area contributed by atoms with Crippen LogP contribution in [0.25, 0.3) is 38.9 Å². The molecule has 0 unspecified atom stereocenters. The molecule has 2 N–H and O–H groups in total. The number of aliphatic imine (C=N–C) groups is 1. The molecule has 0 amide bonds. The van der Waals surface area contributed by atoms with Crippen molar-refractivity contribution in [2.24, 2.45) is 4.99 Å². The molecule has 0 radical (unpaired) electrons. The molecule has 0 bridgehead atoms. The molecule has 2 aliphatic heterocycles. The highest BCUT2D eigenvalue weighted by Gasteiger charge is 2.20. The molecule has 6 heterocycles. The van der Waals surface area contributed by atoms with E-state index >= 15 is 0 Å². The molecule has 2 aliphatic rings. The SMILES string of the molecule is CN(C)CC1=CC(c2cnc3n[nH]c(-c4cc5c(N6CCN(C)CC6)nccc5[nH]4)c3c2)=CCN=C1. The molecule has 0 spiro atoms. The smallest absolute Gasteiger partial charge is 0.181 e. The van der Waals surface area contributed by atoms with Gasteiger partial charge in [-0.25, -0.2) is 9.97 Å². The standard InChI is InChI=1S/C27H31N9/c1-34(2)17-18-12-19(4-6-28-15-18)20-13-22-25(32-33-26(22)30-16-20)24-14-21-23(31-24)5-7-29-27(21)36-10-8-35(3)9-11-36/h4-5,7,12-16,31H,6,8-11,17H2,1-3H3,(H,30,32,33). The second kappa shape index (κ2) is 9.33. The first-order chi connectivity index (χ1) is 17.5. The van der Waals surface area contributed by atoms with E-state index in [9.17, 15) is 0 Å². The number of aromatic amines is 2. The van der Waals surface area contributed by atoms with Gasteiger partial charge in [-0.05, 0) is 56.6 Å². The lowest BCUT2D eigenvalue weighted by atomic mass is 10.0. The van der Waals surface area contributed by atoms with Crippen LogP contribution in [0.1, 0.15) is 5.56 Å². The van der Waals surface area contributed by atoms with E-state index in [0.717, 1.165) is 77.4 Å². The van der Waals surface area contributed by atoms with Crippen molar-refractivity contribution in [1.29, 1.82) is 0 Å². The van der Waals surface area contributed by atoms with Gasteiger partial charge in [-0.2, -0.15) is 5.10 Å². The van der Waals surface area contributed by atoms with Crippen molar-refractivity contribution >= 4 is 39.5 Å². The highest BCUT2D eigenvalue weighted by Crippen LogP contribution is 2.33. The van der Waals surface area contributed by atoms with Gasteiger partial charge >= 0.3 is 0 Å². The van der Waals surface area contributed by atoms with Crippen LogP contribution in [-0.4, -0.2) is 102 Å². The summed E-state index contributed by atoms with van der Waals surface area (Å²) in [6.45, 7) is 5.54. The highest BCUT2D eigenvalue weighted by atomic mass is 15.3. The van der Waals surface area contributed by atoms with E-state index < -0.39 is 0 Å². The van der Waals surface area contributed by atoms with Crippen LogP contribution >= 0.6 is 0 Å². The Bertz CT molecular complexity index is 1500. The van der Waals surface area contributed by atoms with Gasteiger partial charge in [0.05, 0.1) is 23.4 Å². The summed E-state index contributed by atoms with van der Waals surface area (Å²) < 4.78 is 0. The molecule has 1 saturated heterocycles. The van der Waals surface area contributed by atoms with Gasteiger partial charge in [-0.3, -0.25) is 10.1 Å². The molecule has 0 atom stereocenters. The quantitative estimate of drug-likeness (QED) is 0.455. The lowest BCUT2D eigenvalue weighted by Crippen LogP contribution is -2.44. The number of pyridine rings is 2. The molecule has 0 aliphatic carbocycles. The van der Waals surface area contributed by atoms with Crippen molar-refractivity contribution in [3.8, 4) is 11.4 Å². The first kappa shape index (κ1) is 22.6. The zero-order valence-corrected chi connectivity index (χ0v) is 21.0. The average molecular weight is 482 g/mol. The Hall–Kier alpha value is -3.82. The number of allylic oxidation sites excluding steroid dienone is 2. The van der Waals surface area contributed by atoms with Crippen LogP contribution in [0.3, 0.4) is 0 Å². The molecule has 1 fully saturated rings. The summed E-state index contributed by atoms with van der Waals surface area (Å²) in [6.07, 6.45) is 10.1.